The fraction of sp³-hybridized carbons (Fsp3) is 0.217. The lowest BCUT2D eigenvalue weighted by atomic mass is 9.86. The summed E-state index contributed by atoms with van der Waals surface area (Å²) in [5.74, 6) is 0.929. The summed E-state index contributed by atoms with van der Waals surface area (Å²) in [6.07, 6.45) is 3.73. The SMILES string of the molecule is O=C(Nc1ccc(OCC2CCC2)cc1)c1cc(-c2ccc3c(n2)NNN3)ccc1F.[HH].[HH]. The number of fused-ring (bicyclic) bond motifs is 1. The summed E-state index contributed by atoms with van der Waals surface area (Å²) in [6.45, 7) is 0.724. The average molecular weight is 423 g/mol. The molecule has 0 bridgehead atoms. The number of halogens is 1. The first-order valence-corrected chi connectivity index (χ1v) is 10.3. The molecule has 1 aromatic heterocycles. The smallest absolute Gasteiger partial charge is 0.258 e. The molecule has 2 heterocycles. The minimum atomic E-state index is -0.593. The van der Waals surface area contributed by atoms with Gasteiger partial charge in [0.2, 0.25) is 0 Å². The highest BCUT2D eigenvalue weighted by Gasteiger charge is 2.18. The zero-order chi connectivity index (χ0) is 21.2. The molecule has 1 aliphatic heterocycles. The predicted molar refractivity (Wildman–Crippen MR) is 121 cm³/mol. The number of anilines is 3. The van der Waals surface area contributed by atoms with Crippen LogP contribution in [0.4, 0.5) is 21.6 Å². The Balaban J connectivity index is 0.00000153. The van der Waals surface area contributed by atoms with Crippen molar-refractivity contribution in [2.45, 2.75) is 19.3 Å². The molecule has 1 aliphatic carbocycles. The molecule has 0 unspecified atom stereocenters. The molecule has 8 heteroatoms. The Labute approximate surface area is 181 Å². The molecule has 2 aliphatic rings. The number of carbonyl (C=O) groups is 1. The maximum Gasteiger partial charge on any atom is 0.258 e. The zero-order valence-electron chi connectivity index (χ0n) is 16.7. The number of hydrogen-bond donors (Lipinski definition) is 4. The first-order chi connectivity index (χ1) is 15.2. The highest BCUT2D eigenvalue weighted by atomic mass is 19.1. The van der Waals surface area contributed by atoms with Crippen molar-refractivity contribution in [2.24, 2.45) is 5.92 Å². The highest BCUT2D eigenvalue weighted by molar-refractivity contribution is 6.05. The van der Waals surface area contributed by atoms with Gasteiger partial charge in [-0.05, 0) is 73.4 Å². The van der Waals surface area contributed by atoms with Crippen molar-refractivity contribution in [1.29, 1.82) is 0 Å². The van der Waals surface area contributed by atoms with Gasteiger partial charge in [0.1, 0.15) is 11.6 Å². The third-order valence-corrected chi connectivity index (χ3v) is 5.60. The third kappa shape index (κ3) is 4.15. The van der Waals surface area contributed by atoms with Gasteiger partial charge in [-0.15, -0.1) is 5.53 Å². The second-order valence-electron chi connectivity index (χ2n) is 7.75. The summed E-state index contributed by atoms with van der Waals surface area (Å²) in [7, 11) is 0. The fourth-order valence-electron chi connectivity index (χ4n) is 3.54. The lowest BCUT2D eigenvalue weighted by Crippen LogP contribution is -2.19. The van der Waals surface area contributed by atoms with Crippen LogP contribution >= 0.6 is 0 Å². The number of aromatic nitrogens is 1. The van der Waals surface area contributed by atoms with Gasteiger partial charge in [-0.1, -0.05) is 6.42 Å². The number of amides is 1. The molecule has 4 N–H and O–H groups in total. The predicted octanol–water partition coefficient (Wildman–Crippen LogP) is 5.07. The zero-order valence-corrected chi connectivity index (χ0v) is 16.7. The maximum absolute atomic E-state index is 14.4. The Morgan fingerprint density at radius 1 is 1.13 bits per heavy atom. The van der Waals surface area contributed by atoms with Gasteiger partial charge >= 0.3 is 0 Å². The molecule has 0 saturated heterocycles. The summed E-state index contributed by atoms with van der Waals surface area (Å²) in [5, 5.41) is 2.75. The molecule has 0 radical (unpaired) electrons. The molecule has 31 heavy (non-hydrogen) atoms. The Bertz CT molecular complexity index is 1130. The Morgan fingerprint density at radius 2 is 1.97 bits per heavy atom. The van der Waals surface area contributed by atoms with Gasteiger partial charge in [0.15, 0.2) is 5.82 Å². The molecule has 7 nitrogen and oxygen atoms in total. The first-order valence-electron chi connectivity index (χ1n) is 10.3. The summed E-state index contributed by atoms with van der Waals surface area (Å²) in [6, 6.07) is 15.2. The van der Waals surface area contributed by atoms with E-state index in [4.69, 9.17) is 4.74 Å². The van der Waals surface area contributed by atoms with Crippen LogP contribution in [0.2, 0.25) is 0 Å². The third-order valence-electron chi connectivity index (χ3n) is 5.60. The summed E-state index contributed by atoms with van der Waals surface area (Å²) in [5.41, 5.74) is 11.2. The van der Waals surface area contributed by atoms with Crippen LogP contribution < -0.4 is 26.4 Å². The molecule has 5 rings (SSSR count). The van der Waals surface area contributed by atoms with E-state index in [0.29, 0.717) is 28.7 Å². The number of rotatable bonds is 6. The molecule has 1 fully saturated rings. The van der Waals surface area contributed by atoms with Crippen LogP contribution in [0.25, 0.3) is 11.3 Å². The summed E-state index contributed by atoms with van der Waals surface area (Å²) >= 11 is 0. The summed E-state index contributed by atoms with van der Waals surface area (Å²) in [4.78, 5) is 17.2. The van der Waals surface area contributed by atoms with E-state index >= 15 is 0 Å². The maximum atomic E-state index is 14.4. The molecule has 3 aromatic rings. The Morgan fingerprint density at radius 3 is 2.74 bits per heavy atom. The normalized spacial score (nSPS) is 14.7. The number of carbonyl (C=O) groups excluding carboxylic acids is 1. The van der Waals surface area contributed by atoms with E-state index in [2.05, 4.69) is 26.7 Å². The largest absolute Gasteiger partial charge is 0.493 e. The van der Waals surface area contributed by atoms with Crippen molar-refractivity contribution < 1.29 is 16.8 Å². The molecule has 162 valence electrons. The van der Waals surface area contributed by atoms with E-state index in [-0.39, 0.29) is 8.42 Å². The van der Waals surface area contributed by atoms with Crippen molar-refractivity contribution in [3.05, 3.63) is 66.0 Å². The number of nitrogens with one attached hydrogen (secondary N) is 4. The number of nitrogens with zero attached hydrogens (tertiary/aromatic N) is 1. The van der Waals surface area contributed by atoms with Gasteiger partial charge in [-0.25, -0.2) is 9.37 Å². The monoisotopic (exact) mass is 423 g/mol. The average Bonchev–Trinajstić information content (AvgIpc) is 3.22. The molecule has 2 aromatic carbocycles. The van der Waals surface area contributed by atoms with Crippen molar-refractivity contribution in [1.82, 2.24) is 10.5 Å². The van der Waals surface area contributed by atoms with E-state index in [1.54, 1.807) is 24.3 Å². The van der Waals surface area contributed by atoms with Gasteiger partial charge in [0.05, 0.1) is 23.6 Å². The lowest BCUT2D eigenvalue weighted by Gasteiger charge is -2.25. The molecular weight excluding hydrogens is 397 g/mol. The van der Waals surface area contributed by atoms with Crippen LogP contribution in [-0.4, -0.2) is 17.5 Å². The minimum absolute atomic E-state index is 0. The minimum Gasteiger partial charge on any atom is -0.493 e. The summed E-state index contributed by atoms with van der Waals surface area (Å²) < 4.78 is 20.2. The number of ether oxygens (including phenoxy) is 1. The number of hydrogen-bond acceptors (Lipinski definition) is 6. The standard InChI is InChI=1S/C23H22FN5O2.2H2/c24-19-9-4-15(20-10-11-21-22(26-20)28-29-27-21)12-18(19)23(30)25-16-5-7-17(8-6-16)31-13-14-2-1-3-14;;/h4-12,14,27,29H,1-3,13H2,(H,25,30)(H,26,28);2*1H. The van der Waals surface area contributed by atoms with E-state index in [1.807, 2.05) is 18.2 Å². The van der Waals surface area contributed by atoms with Gasteiger partial charge in [0.25, 0.3) is 5.91 Å². The van der Waals surface area contributed by atoms with Crippen LogP contribution in [0.15, 0.2) is 54.6 Å². The molecular formula is C23H26FN5O2. The van der Waals surface area contributed by atoms with Gasteiger partial charge in [-0.3, -0.25) is 10.2 Å². The second-order valence-corrected chi connectivity index (χ2v) is 7.75. The molecule has 0 atom stereocenters. The van der Waals surface area contributed by atoms with E-state index in [1.165, 1.54) is 31.4 Å². The number of hydrazine groups is 2. The highest BCUT2D eigenvalue weighted by Crippen LogP contribution is 2.29. The van der Waals surface area contributed by atoms with Crippen LogP contribution in [0, 0.1) is 11.7 Å². The topological polar surface area (TPSA) is 87.3 Å². The first kappa shape index (κ1) is 19.3. The van der Waals surface area contributed by atoms with Crippen LogP contribution in [-0.2, 0) is 0 Å². The van der Waals surface area contributed by atoms with Gasteiger partial charge in [-0.2, -0.15) is 0 Å². The number of pyridine rings is 1. The second kappa shape index (κ2) is 8.23. The van der Waals surface area contributed by atoms with E-state index < -0.39 is 11.7 Å². The molecule has 1 amide bonds. The lowest BCUT2D eigenvalue weighted by molar-refractivity contribution is 0.102. The molecule has 1 saturated carbocycles. The number of benzene rings is 2. The molecule has 0 spiro atoms. The van der Waals surface area contributed by atoms with Crippen molar-refractivity contribution in [3.8, 4) is 17.0 Å². The van der Waals surface area contributed by atoms with Crippen molar-refractivity contribution in [2.75, 3.05) is 22.8 Å². The quantitative estimate of drug-likeness (QED) is 0.443. The van der Waals surface area contributed by atoms with Crippen molar-refractivity contribution >= 4 is 23.1 Å². The van der Waals surface area contributed by atoms with E-state index in [9.17, 15) is 9.18 Å². The van der Waals surface area contributed by atoms with Crippen LogP contribution in [0.1, 0.15) is 32.5 Å². The van der Waals surface area contributed by atoms with Crippen LogP contribution in [0.5, 0.6) is 5.75 Å². The Kier molecular flexibility index (Phi) is 5.13. The fourth-order valence-corrected chi connectivity index (χ4v) is 3.54. The Hall–Kier alpha value is -3.65. The van der Waals surface area contributed by atoms with Crippen molar-refractivity contribution in [3.63, 3.8) is 0 Å². The van der Waals surface area contributed by atoms with Gasteiger partial charge < -0.3 is 15.5 Å². The van der Waals surface area contributed by atoms with E-state index in [0.717, 1.165) is 18.0 Å². The van der Waals surface area contributed by atoms with Crippen LogP contribution in [0.3, 0.4) is 0 Å². The van der Waals surface area contributed by atoms with Gasteiger partial charge in [0, 0.05) is 14.1 Å².